The van der Waals surface area contributed by atoms with E-state index in [0.29, 0.717) is 5.16 Å². The van der Waals surface area contributed by atoms with Gasteiger partial charge in [-0.3, -0.25) is 18.7 Å². The first kappa shape index (κ1) is 23.5. The summed E-state index contributed by atoms with van der Waals surface area (Å²) in [4.78, 5) is 42.6. The number of hydrogen-bond donors (Lipinski definition) is 1. The standard InChI is InChI=1S/C24H24FN5O3S/c1-4-16-7-5-6-8-18(16)26-19(31)14-34-23-27-21-20(22(32)29(3)24(33)28(21)2)30(23)13-15-9-11-17(25)12-10-15/h5-12H,4,13-14H2,1-3H3,(H,26,31). The molecule has 0 spiro atoms. The number of carbonyl (C=O) groups is 1. The number of nitrogens with zero attached hydrogens (tertiary/aromatic N) is 4. The van der Waals surface area contributed by atoms with Gasteiger partial charge in [-0.1, -0.05) is 49.0 Å². The number of para-hydroxylation sites is 1. The van der Waals surface area contributed by atoms with Crippen molar-refractivity contribution in [2.75, 3.05) is 11.1 Å². The minimum absolute atomic E-state index is 0.0546. The molecular formula is C24H24FN5O3S. The van der Waals surface area contributed by atoms with Crippen LogP contribution in [0.3, 0.4) is 0 Å². The van der Waals surface area contributed by atoms with Gasteiger partial charge in [0.1, 0.15) is 5.82 Å². The normalized spacial score (nSPS) is 11.2. The molecule has 0 radical (unpaired) electrons. The van der Waals surface area contributed by atoms with E-state index in [4.69, 9.17) is 0 Å². The minimum atomic E-state index is -0.491. The summed E-state index contributed by atoms with van der Waals surface area (Å²) in [6.07, 6.45) is 0.786. The average molecular weight is 482 g/mol. The number of anilines is 1. The maximum Gasteiger partial charge on any atom is 0.332 e. The van der Waals surface area contributed by atoms with Crippen LogP contribution >= 0.6 is 11.8 Å². The van der Waals surface area contributed by atoms with E-state index < -0.39 is 11.2 Å². The van der Waals surface area contributed by atoms with Gasteiger partial charge >= 0.3 is 5.69 Å². The van der Waals surface area contributed by atoms with Gasteiger partial charge in [-0.2, -0.15) is 0 Å². The quantitative estimate of drug-likeness (QED) is 0.410. The maximum absolute atomic E-state index is 13.4. The maximum atomic E-state index is 13.4. The highest BCUT2D eigenvalue weighted by Gasteiger charge is 2.20. The summed E-state index contributed by atoms with van der Waals surface area (Å²) in [5.74, 6) is -0.525. The Labute approximate surface area is 199 Å². The van der Waals surface area contributed by atoms with Crippen molar-refractivity contribution in [1.29, 1.82) is 0 Å². The first-order chi connectivity index (χ1) is 16.3. The number of fused-ring (bicyclic) bond motifs is 1. The number of nitrogens with one attached hydrogen (secondary N) is 1. The number of amides is 1. The van der Waals surface area contributed by atoms with E-state index in [2.05, 4.69) is 10.3 Å². The number of thioether (sulfide) groups is 1. The highest BCUT2D eigenvalue weighted by atomic mass is 32.2. The van der Waals surface area contributed by atoms with Gasteiger partial charge in [0.25, 0.3) is 5.56 Å². The number of aryl methyl sites for hydroxylation is 2. The van der Waals surface area contributed by atoms with Gasteiger partial charge in [-0.15, -0.1) is 0 Å². The number of imidazole rings is 1. The summed E-state index contributed by atoms with van der Waals surface area (Å²) < 4.78 is 17.4. The zero-order valence-electron chi connectivity index (χ0n) is 19.0. The van der Waals surface area contributed by atoms with Crippen LogP contribution in [0.2, 0.25) is 0 Å². The molecular weight excluding hydrogens is 457 g/mol. The van der Waals surface area contributed by atoms with Gasteiger partial charge in [0.2, 0.25) is 5.91 Å². The third kappa shape index (κ3) is 4.54. The number of benzene rings is 2. The van der Waals surface area contributed by atoms with Gasteiger partial charge in [0, 0.05) is 19.8 Å². The summed E-state index contributed by atoms with van der Waals surface area (Å²) >= 11 is 1.17. The lowest BCUT2D eigenvalue weighted by Gasteiger charge is -2.11. The van der Waals surface area contributed by atoms with E-state index in [1.807, 2.05) is 31.2 Å². The molecule has 0 atom stereocenters. The summed E-state index contributed by atoms with van der Waals surface area (Å²) in [7, 11) is 2.95. The van der Waals surface area contributed by atoms with Crippen molar-refractivity contribution < 1.29 is 9.18 Å². The first-order valence-corrected chi connectivity index (χ1v) is 11.7. The van der Waals surface area contributed by atoms with E-state index in [-0.39, 0.29) is 35.2 Å². The Bertz CT molecular complexity index is 1490. The van der Waals surface area contributed by atoms with Crippen LogP contribution in [0.1, 0.15) is 18.1 Å². The molecule has 4 rings (SSSR count). The lowest BCUT2D eigenvalue weighted by atomic mass is 10.1. The first-order valence-electron chi connectivity index (χ1n) is 10.7. The second-order valence-corrected chi connectivity index (χ2v) is 8.78. The molecule has 0 fully saturated rings. The molecule has 1 N–H and O–H groups in total. The van der Waals surface area contributed by atoms with Gasteiger partial charge in [-0.05, 0) is 35.7 Å². The van der Waals surface area contributed by atoms with Gasteiger partial charge < -0.3 is 9.88 Å². The molecule has 0 saturated heterocycles. The predicted molar refractivity (Wildman–Crippen MR) is 131 cm³/mol. The lowest BCUT2D eigenvalue weighted by Crippen LogP contribution is -2.37. The number of rotatable bonds is 7. The highest BCUT2D eigenvalue weighted by molar-refractivity contribution is 7.99. The molecule has 0 saturated carbocycles. The molecule has 176 valence electrons. The van der Waals surface area contributed by atoms with Crippen molar-refractivity contribution in [1.82, 2.24) is 18.7 Å². The second kappa shape index (κ2) is 9.68. The minimum Gasteiger partial charge on any atom is -0.325 e. The largest absolute Gasteiger partial charge is 0.332 e. The Hall–Kier alpha value is -3.66. The Morgan fingerprint density at radius 1 is 1.06 bits per heavy atom. The summed E-state index contributed by atoms with van der Waals surface area (Å²) in [6, 6.07) is 13.5. The molecule has 4 aromatic rings. The zero-order chi connectivity index (χ0) is 24.4. The van der Waals surface area contributed by atoms with E-state index in [0.717, 1.165) is 27.8 Å². The monoisotopic (exact) mass is 481 g/mol. The fraction of sp³-hybridized carbons (Fsp3) is 0.250. The van der Waals surface area contributed by atoms with E-state index in [1.165, 1.54) is 35.5 Å². The molecule has 0 bridgehead atoms. The average Bonchev–Trinajstić information content (AvgIpc) is 3.20. The number of carbonyl (C=O) groups excluding carboxylic acids is 1. The molecule has 2 aromatic carbocycles. The SMILES string of the molecule is CCc1ccccc1NC(=O)CSc1nc2c(c(=O)n(C)c(=O)n2C)n1Cc1ccc(F)cc1. The Morgan fingerprint density at radius 2 is 1.76 bits per heavy atom. The molecule has 0 unspecified atom stereocenters. The molecule has 1 amide bonds. The van der Waals surface area contributed by atoms with Crippen molar-refractivity contribution >= 4 is 34.5 Å². The van der Waals surface area contributed by atoms with Crippen molar-refractivity contribution in [2.45, 2.75) is 25.0 Å². The van der Waals surface area contributed by atoms with Crippen LogP contribution in [0, 0.1) is 5.82 Å². The Kier molecular flexibility index (Phi) is 6.69. The fourth-order valence-electron chi connectivity index (χ4n) is 3.72. The third-order valence-corrected chi connectivity index (χ3v) is 6.55. The third-order valence-electron chi connectivity index (χ3n) is 5.57. The van der Waals surface area contributed by atoms with Crippen molar-refractivity contribution in [3.05, 3.63) is 86.3 Å². The highest BCUT2D eigenvalue weighted by Crippen LogP contribution is 2.24. The smallest absolute Gasteiger partial charge is 0.325 e. The van der Waals surface area contributed by atoms with Crippen LogP contribution in [0.15, 0.2) is 63.3 Å². The molecule has 2 heterocycles. The second-order valence-electron chi connectivity index (χ2n) is 7.83. The van der Waals surface area contributed by atoms with Crippen LogP contribution in [0.5, 0.6) is 0 Å². The van der Waals surface area contributed by atoms with Crippen LogP contribution in [0.25, 0.3) is 11.2 Å². The Balaban J connectivity index is 1.69. The van der Waals surface area contributed by atoms with E-state index in [1.54, 1.807) is 23.7 Å². The molecule has 34 heavy (non-hydrogen) atoms. The molecule has 0 aliphatic carbocycles. The number of halogens is 1. The molecule has 2 aromatic heterocycles. The van der Waals surface area contributed by atoms with Crippen LogP contribution in [-0.2, 0) is 31.9 Å². The van der Waals surface area contributed by atoms with E-state index >= 15 is 0 Å². The predicted octanol–water partition coefficient (Wildman–Crippen LogP) is 2.91. The van der Waals surface area contributed by atoms with Crippen LogP contribution in [0.4, 0.5) is 10.1 Å². The number of aromatic nitrogens is 4. The van der Waals surface area contributed by atoms with Crippen molar-refractivity contribution in [3.8, 4) is 0 Å². The summed E-state index contributed by atoms with van der Waals surface area (Å²) in [6.45, 7) is 2.25. The van der Waals surface area contributed by atoms with Crippen molar-refractivity contribution in [2.24, 2.45) is 14.1 Å². The summed E-state index contributed by atoms with van der Waals surface area (Å²) in [5.41, 5.74) is 2.03. The lowest BCUT2D eigenvalue weighted by molar-refractivity contribution is -0.113. The molecule has 8 nitrogen and oxygen atoms in total. The molecule has 10 heteroatoms. The zero-order valence-corrected chi connectivity index (χ0v) is 19.9. The van der Waals surface area contributed by atoms with E-state index in [9.17, 15) is 18.8 Å². The molecule has 0 aliphatic heterocycles. The van der Waals surface area contributed by atoms with Gasteiger partial charge in [0.15, 0.2) is 16.3 Å². The topological polar surface area (TPSA) is 90.9 Å². The van der Waals surface area contributed by atoms with Crippen molar-refractivity contribution in [3.63, 3.8) is 0 Å². The van der Waals surface area contributed by atoms with Gasteiger partial charge in [-0.25, -0.2) is 14.2 Å². The van der Waals surface area contributed by atoms with Gasteiger partial charge in [0.05, 0.1) is 12.3 Å². The summed E-state index contributed by atoms with van der Waals surface area (Å²) in [5, 5.41) is 3.34. The fourth-order valence-corrected chi connectivity index (χ4v) is 4.52. The molecule has 0 aliphatic rings. The van der Waals surface area contributed by atoms with Crippen LogP contribution in [-0.4, -0.2) is 30.3 Å². The Morgan fingerprint density at radius 3 is 2.47 bits per heavy atom. The van der Waals surface area contributed by atoms with Crippen LogP contribution < -0.4 is 16.6 Å². The number of hydrogen-bond acceptors (Lipinski definition) is 5.